The molecule has 2 aliphatic rings. The van der Waals surface area contributed by atoms with Crippen LogP contribution in [0.1, 0.15) is 40.5 Å². The largest absolute Gasteiger partial charge is 0.507 e. The molecule has 7 heteroatoms. The summed E-state index contributed by atoms with van der Waals surface area (Å²) in [6.07, 6.45) is -1.54. The van der Waals surface area contributed by atoms with Crippen LogP contribution in [0, 0.1) is 0 Å². The number of ether oxygens (including phenoxy) is 1. The number of rotatable bonds is 1. The lowest BCUT2D eigenvalue weighted by molar-refractivity contribution is 0.00373. The number of ketones is 2. The van der Waals surface area contributed by atoms with Crippen molar-refractivity contribution in [2.45, 2.75) is 31.5 Å². The average Bonchev–Trinajstić information content (AvgIpc) is 2.44. The van der Waals surface area contributed by atoms with Gasteiger partial charge in [0.25, 0.3) is 0 Å². The van der Waals surface area contributed by atoms with Gasteiger partial charge in [-0.1, -0.05) is 0 Å². The molecule has 0 amide bonds. The Morgan fingerprint density at radius 2 is 1.87 bits per heavy atom. The second-order valence-electron chi connectivity index (χ2n) is 6.14. The second kappa shape index (κ2) is 4.81. The standard InChI is InChI=1S/C16H16O7/c1-16(22)4-6-10(8(18)5-16)15(21)11-7(17)3-9(23-2)14(20)12(11)13(6)19/h3,8,17-18,20,22H,4-5H2,1-2H3/t8-,16+/m0/s1. The minimum absolute atomic E-state index is 0.0470. The van der Waals surface area contributed by atoms with Gasteiger partial charge in [0, 0.05) is 30.1 Å². The Kier molecular flexibility index (Phi) is 3.24. The average molecular weight is 320 g/mol. The highest BCUT2D eigenvalue weighted by Gasteiger charge is 2.46. The van der Waals surface area contributed by atoms with Crippen LogP contribution in [0.3, 0.4) is 0 Å². The highest BCUT2D eigenvalue weighted by Crippen LogP contribution is 2.47. The molecule has 2 aliphatic carbocycles. The van der Waals surface area contributed by atoms with Gasteiger partial charge in [-0.05, 0) is 6.92 Å². The predicted molar refractivity (Wildman–Crippen MR) is 77.9 cm³/mol. The van der Waals surface area contributed by atoms with Crippen LogP contribution in [0.5, 0.6) is 17.2 Å². The van der Waals surface area contributed by atoms with Gasteiger partial charge in [-0.25, -0.2) is 0 Å². The molecular weight excluding hydrogens is 304 g/mol. The van der Waals surface area contributed by atoms with Gasteiger partial charge in [-0.2, -0.15) is 0 Å². The maximum atomic E-state index is 12.7. The number of Topliss-reactive ketones (excluding diaryl/α,β-unsaturated/α-hetero) is 2. The zero-order chi connectivity index (χ0) is 17.1. The molecule has 0 aliphatic heterocycles. The van der Waals surface area contributed by atoms with E-state index in [1.54, 1.807) is 0 Å². The minimum atomic E-state index is -1.35. The van der Waals surface area contributed by atoms with E-state index in [1.165, 1.54) is 14.0 Å². The van der Waals surface area contributed by atoms with E-state index in [9.17, 15) is 30.0 Å². The number of carbonyl (C=O) groups excluding carboxylic acids is 2. The van der Waals surface area contributed by atoms with Gasteiger partial charge in [0.1, 0.15) is 5.75 Å². The van der Waals surface area contributed by atoms with Gasteiger partial charge in [-0.3, -0.25) is 9.59 Å². The zero-order valence-electron chi connectivity index (χ0n) is 12.6. The van der Waals surface area contributed by atoms with E-state index in [2.05, 4.69) is 0 Å². The van der Waals surface area contributed by atoms with Crippen LogP contribution in [0.2, 0.25) is 0 Å². The van der Waals surface area contributed by atoms with E-state index in [4.69, 9.17) is 4.74 Å². The Labute approximate surface area is 131 Å². The molecule has 0 spiro atoms. The molecule has 23 heavy (non-hydrogen) atoms. The lowest BCUT2D eigenvalue weighted by atomic mass is 9.71. The van der Waals surface area contributed by atoms with E-state index in [0.29, 0.717) is 0 Å². The number of phenols is 2. The molecule has 122 valence electrons. The molecule has 0 aromatic heterocycles. The number of hydrogen-bond donors (Lipinski definition) is 4. The third kappa shape index (κ3) is 2.12. The summed E-state index contributed by atoms with van der Waals surface area (Å²) in [6.45, 7) is 1.45. The molecule has 0 fully saturated rings. The Hall–Kier alpha value is -2.38. The van der Waals surface area contributed by atoms with Crippen molar-refractivity contribution in [2.24, 2.45) is 0 Å². The number of hydrogen-bond acceptors (Lipinski definition) is 7. The monoisotopic (exact) mass is 320 g/mol. The van der Waals surface area contributed by atoms with Crippen LogP contribution in [-0.2, 0) is 0 Å². The fourth-order valence-electron chi connectivity index (χ4n) is 3.29. The van der Waals surface area contributed by atoms with Crippen molar-refractivity contribution in [2.75, 3.05) is 7.11 Å². The molecule has 0 radical (unpaired) electrons. The molecule has 1 aromatic rings. The molecule has 0 unspecified atom stereocenters. The van der Waals surface area contributed by atoms with Gasteiger partial charge in [0.2, 0.25) is 0 Å². The summed E-state index contributed by atoms with van der Waals surface area (Å²) in [5, 5.41) is 40.5. The van der Waals surface area contributed by atoms with Gasteiger partial charge in [-0.15, -0.1) is 0 Å². The summed E-state index contributed by atoms with van der Waals surface area (Å²) in [5.41, 5.74) is -2.24. The maximum Gasteiger partial charge on any atom is 0.196 e. The van der Waals surface area contributed by atoms with E-state index < -0.39 is 34.8 Å². The lowest BCUT2D eigenvalue weighted by Gasteiger charge is -2.36. The number of phenolic OH excluding ortho intramolecular Hbond substituents is 2. The lowest BCUT2D eigenvalue weighted by Crippen LogP contribution is -2.42. The van der Waals surface area contributed by atoms with Crippen LogP contribution < -0.4 is 4.74 Å². The van der Waals surface area contributed by atoms with Crippen LogP contribution >= 0.6 is 0 Å². The van der Waals surface area contributed by atoms with Crippen molar-refractivity contribution < 1.29 is 34.8 Å². The van der Waals surface area contributed by atoms with E-state index in [-0.39, 0.29) is 40.9 Å². The van der Waals surface area contributed by atoms with Crippen molar-refractivity contribution in [3.63, 3.8) is 0 Å². The number of aromatic hydroxyl groups is 2. The second-order valence-corrected chi connectivity index (χ2v) is 6.14. The summed E-state index contributed by atoms with van der Waals surface area (Å²) in [7, 11) is 1.25. The summed E-state index contributed by atoms with van der Waals surface area (Å²) in [4.78, 5) is 25.3. The minimum Gasteiger partial charge on any atom is -0.507 e. The van der Waals surface area contributed by atoms with Crippen LogP contribution in [0.15, 0.2) is 17.2 Å². The third-order valence-electron chi connectivity index (χ3n) is 4.29. The van der Waals surface area contributed by atoms with E-state index >= 15 is 0 Å². The third-order valence-corrected chi connectivity index (χ3v) is 4.29. The molecule has 3 rings (SSSR count). The van der Waals surface area contributed by atoms with Crippen molar-refractivity contribution in [1.82, 2.24) is 0 Å². The number of methoxy groups -OCH3 is 1. The molecular formula is C16H16O7. The molecule has 4 N–H and O–H groups in total. The van der Waals surface area contributed by atoms with Gasteiger partial charge in [0.15, 0.2) is 23.1 Å². The molecule has 2 atom stereocenters. The summed E-state index contributed by atoms with van der Waals surface area (Å²) >= 11 is 0. The SMILES string of the molecule is COc1cc(O)c2c(c1O)C(=O)C1=C(C2=O)[C@@H](O)C[C@](C)(O)C1. The summed E-state index contributed by atoms with van der Waals surface area (Å²) in [6, 6.07) is 1.04. The molecule has 0 saturated carbocycles. The van der Waals surface area contributed by atoms with Crippen molar-refractivity contribution >= 4 is 11.6 Å². The van der Waals surface area contributed by atoms with Gasteiger partial charge >= 0.3 is 0 Å². The summed E-state index contributed by atoms with van der Waals surface area (Å²) < 4.78 is 4.89. The fourth-order valence-corrected chi connectivity index (χ4v) is 3.29. The smallest absolute Gasteiger partial charge is 0.196 e. The maximum absolute atomic E-state index is 12.7. The van der Waals surface area contributed by atoms with Crippen LogP contribution in [0.4, 0.5) is 0 Å². The van der Waals surface area contributed by atoms with Gasteiger partial charge < -0.3 is 25.2 Å². The van der Waals surface area contributed by atoms with Gasteiger partial charge in [0.05, 0.1) is 29.9 Å². The first-order valence-corrected chi connectivity index (χ1v) is 7.03. The Bertz CT molecular complexity index is 773. The number of carbonyl (C=O) groups is 2. The van der Waals surface area contributed by atoms with Crippen LogP contribution in [-0.4, -0.2) is 50.8 Å². The number of aliphatic hydroxyl groups is 2. The molecule has 1 aromatic carbocycles. The molecule has 0 heterocycles. The number of aliphatic hydroxyl groups excluding tert-OH is 1. The van der Waals surface area contributed by atoms with E-state index in [1.807, 2.05) is 0 Å². The predicted octanol–water partition coefficient (Wildman–Crippen LogP) is 0.688. The van der Waals surface area contributed by atoms with Crippen molar-refractivity contribution in [3.05, 3.63) is 28.3 Å². The Morgan fingerprint density at radius 1 is 1.22 bits per heavy atom. The highest BCUT2D eigenvalue weighted by molar-refractivity contribution is 6.29. The molecule has 0 saturated heterocycles. The molecule has 0 bridgehead atoms. The number of fused-ring (bicyclic) bond motifs is 1. The quantitative estimate of drug-likeness (QED) is 0.561. The summed E-state index contributed by atoms with van der Waals surface area (Å²) in [5.74, 6) is -2.64. The Balaban J connectivity index is 2.29. The van der Waals surface area contributed by atoms with E-state index in [0.717, 1.165) is 6.07 Å². The first-order chi connectivity index (χ1) is 10.7. The highest BCUT2D eigenvalue weighted by atomic mass is 16.5. The zero-order valence-corrected chi connectivity index (χ0v) is 12.6. The first-order valence-electron chi connectivity index (χ1n) is 7.03. The topological polar surface area (TPSA) is 124 Å². The Morgan fingerprint density at radius 3 is 2.48 bits per heavy atom. The first kappa shape index (κ1) is 15.5. The number of benzene rings is 1. The van der Waals surface area contributed by atoms with Crippen LogP contribution in [0.25, 0.3) is 0 Å². The van der Waals surface area contributed by atoms with Crippen molar-refractivity contribution in [1.29, 1.82) is 0 Å². The fraction of sp³-hybridized carbons (Fsp3) is 0.375. The molecule has 7 nitrogen and oxygen atoms in total. The normalized spacial score (nSPS) is 26.9. The van der Waals surface area contributed by atoms with Crippen molar-refractivity contribution in [3.8, 4) is 17.2 Å².